The number of rotatable bonds is 9. The zero-order valence-electron chi connectivity index (χ0n) is 11.9. The molecule has 0 aliphatic heterocycles. The summed E-state index contributed by atoms with van der Waals surface area (Å²) in [4.78, 5) is 1.28. The van der Waals surface area contributed by atoms with Crippen molar-refractivity contribution >= 4 is 23.4 Å². The molecule has 0 saturated heterocycles. The molecule has 0 heterocycles. The van der Waals surface area contributed by atoms with Gasteiger partial charge in [-0.25, -0.2) is 0 Å². The van der Waals surface area contributed by atoms with Gasteiger partial charge in [-0.1, -0.05) is 24.1 Å². The first-order valence-corrected chi connectivity index (χ1v) is 8.24. The fourth-order valence-corrected chi connectivity index (χ4v) is 2.87. The molecule has 0 bridgehead atoms. The van der Waals surface area contributed by atoms with E-state index in [1.54, 1.807) is 0 Å². The standard InChI is InChI=1S/C16H24ClNS/c1-4-11-18-15(8-5-13(2)3)12-19-16-9-6-14(17)7-10-16/h6-7,9-10,15,18H,2,4-5,8,11-12H2,1,3H3. The molecule has 0 aromatic heterocycles. The van der Waals surface area contributed by atoms with Crippen molar-refractivity contribution in [3.8, 4) is 0 Å². The van der Waals surface area contributed by atoms with Gasteiger partial charge in [0.1, 0.15) is 0 Å². The molecular formula is C16H24ClNS. The van der Waals surface area contributed by atoms with Gasteiger partial charge in [0.25, 0.3) is 0 Å². The molecule has 1 unspecified atom stereocenters. The smallest absolute Gasteiger partial charge is 0.0406 e. The molecule has 1 aromatic carbocycles. The number of benzene rings is 1. The van der Waals surface area contributed by atoms with Crippen LogP contribution < -0.4 is 5.32 Å². The Kier molecular flexibility index (Phi) is 8.27. The number of hydrogen-bond donors (Lipinski definition) is 1. The van der Waals surface area contributed by atoms with Crippen LogP contribution in [0.3, 0.4) is 0 Å². The van der Waals surface area contributed by atoms with Crippen LogP contribution >= 0.6 is 23.4 Å². The fraction of sp³-hybridized carbons (Fsp3) is 0.500. The van der Waals surface area contributed by atoms with Gasteiger partial charge in [0.05, 0.1) is 0 Å². The van der Waals surface area contributed by atoms with Crippen molar-refractivity contribution in [3.05, 3.63) is 41.4 Å². The lowest BCUT2D eigenvalue weighted by atomic mass is 10.1. The van der Waals surface area contributed by atoms with Gasteiger partial charge in [-0.15, -0.1) is 18.3 Å². The molecule has 19 heavy (non-hydrogen) atoms. The van der Waals surface area contributed by atoms with Crippen molar-refractivity contribution in [3.63, 3.8) is 0 Å². The molecule has 0 amide bonds. The van der Waals surface area contributed by atoms with Gasteiger partial charge in [0.15, 0.2) is 0 Å². The lowest BCUT2D eigenvalue weighted by Crippen LogP contribution is -2.32. The molecule has 1 aromatic rings. The van der Waals surface area contributed by atoms with E-state index in [-0.39, 0.29) is 0 Å². The Hall–Kier alpha value is -0.440. The highest BCUT2D eigenvalue weighted by molar-refractivity contribution is 7.99. The van der Waals surface area contributed by atoms with Crippen LogP contribution in [-0.2, 0) is 0 Å². The van der Waals surface area contributed by atoms with Crippen LogP contribution in [0.25, 0.3) is 0 Å². The average Bonchev–Trinajstić information content (AvgIpc) is 2.39. The Morgan fingerprint density at radius 2 is 2.05 bits per heavy atom. The number of thioether (sulfide) groups is 1. The molecule has 0 saturated carbocycles. The molecule has 1 N–H and O–H groups in total. The highest BCUT2D eigenvalue weighted by Crippen LogP contribution is 2.22. The van der Waals surface area contributed by atoms with Crippen molar-refractivity contribution in [2.45, 2.75) is 44.0 Å². The van der Waals surface area contributed by atoms with Crippen molar-refractivity contribution < 1.29 is 0 Å². The van der Waals surface area contributed by atoms with Crippen LogP contribution in [0.5, 0.6) is 0 Å². The van der Waals surface area contributed by atoms with Gasteiger partial charge in [0.2, 0.25) is 0 Å². The van der Waals surface area contributed by atoms with E-state index in [9.17, 15) is 0 Å². The molecular weight excluding hydrogens is 274 g/mol. The maximum absolute atomic E-state index is 5.90. The minimum Gasteiger partial charge on any atom is -0.313 e. The first kappa shape index (κ1) is 16.6. The minimum absolute atomic E-state index is 0.553. The monoisotopic (exact) mass is 297 g/mol. The molecule has 1 atom stereocenters. The van der Waals surface area contributed by atoms with Crippen molar-refractivity contribution in [2.24, 2.45) is 0 Å². The number of halogens is 1. The number of nitrogens with one attached hydrogen (secondary N) is 1. The number of allylic oxidation sites excluding steroid dienone is 1. The second kappa shape index (κ2) is 9.46. The first-order valence-electron chi connectivity index (χ1n) is 6.88. The van der Waals surface area contributed by atoms with E-state index in [0.29, 0.717) is 6.04 Å². The van der Waals surface area contributed by atoms with Gasteiger partial charge in [-0.2, -0.15) is 0 Å². The lowest BCUT2D eigenvalue weighted by Gasteiger charge is -2.18. The molecule has 0 fully saturated rings. The predicted molar refractivity (Wildman–Crippen MR) is 88.3 cm³/mol. The van der Waals surface area contributed by atoms with Crippen molar-refractivity contribution in [1.82, 2.24) is 5.32 Å². The van der Waals surface area contributed by atoms with E-state index in [1.165, 1.54) is 16.9 Å². The largest absolute Gasteiger partial charge is 0.313 e. The summed E-state index contributed by atoms with van der Waals surface area (Å²) in [7, 11) is 0. The van der Waals surface area contributed by atoms with E-state index in [2.05, 4.69) is 37.9 Å². The molecule has 0 spiro atoms. The van der Waals surface area contributed by atoms with Gasteiger partial charge in [-0.05, 0) is 57.0 Å². The second-order valence-electron chi connectivity index (χ2n) is 4.91. The van der Waals surface area contributed by atoms with E-state index < -0.39 is 0 Å². The average molecular weight is 298 g/mol. The summed E-state index contributed by atoms with van der Waals surface area (Å²) in [5.41, 5.74) is 1.26. The van der Waals surface area contributed by atoms with E-state index in [0.717, 1.165) is 30.2 Å². The lowest BCUT2D eigenvalue weighted by molar-refractivity contribution is 0.519. The Bertz CT molecular complexity index is 375. The zero-order chi connectivity index (χ0) is 14.1. The van der Waals surface area contributed by atoms with Gasteiger partial charge in [-0.3, -0.25) is 0 Å². The normalized spacial score (nSPS) is 12.4. The van der Waals surface area contributed by atoms with Crippen LogP contribution in [0.1, 0.15) is 33.1 Å². The highest BCUT2D eigenvalue weighted by Gasteiger charge is 2.08. The zero-order valence-corrected chi connectivity index (χ0v) is 13.5. The third kappa shape index (κ3) is 7.66. The minimum atomic E-state index is 0.553. The summed E-state index contributed by atoms with van der Waals surface area (Å²) in [5, 5.41) is 4.42. The maximum atomic E-state index is 5.90. The maximum Gasteiger partial charge on any atom is 0.0406 e. The van der Waals surface area contributed by atoms with Crippen LogP contribution in [0.2, 0.25) is 5.02 Å². The second-order valence-corrected chi connectivity index (χ2v) is 6.44. The first-order chi connectivity index (χ1) is 9.11. The summed E-state index contributed by atoms with van der Waals surface area (Å²) < 4.78 is 0. The van der Waals surface area contributed by atoms with Crippen LogP contribution in [0.15, 0.2) is 41.3 Å². The van der Waals surface area contributed by atoms with Crippen LogP contribution in [0.4, 0.5) is 0 Å². The summed E-state index contributed by atoms with van der Waals surface area (Å²) in [6.45, 7) is 9.38. The summed E-state index contributed by atoms with van der Waals surface area (Å²) in [6, 6.07) is 8.63. The van der Waals surface area contributed by atoms with Crippen molar-refractivity contribution in [1.29, 1.82) is 0 Å². The van der Waals surface area contributed by atoms with Crippen LogP contribution in [0, 0.1) is 0 Å². The Morgan fingerprint density at radius 3 is 2.63 bits per heavy atom. The van der Waals surface area contributed by atoms with Crippen LogP contribution in [-0.4, -0.2) is 18.3 Å². The quantitative estimate of drug-likeness (QED) is 0.499. The summed E-state index contributed by atoms with van der Waals surface area (Å²) in [5.74, 6) is 1.09. The molecule has 0 aliphatic carbocycles. The third-order valence-corrected chi connectivity index (χ3v) is 4.29. The van der Waals surface area contributed by atoms with Gasteiger partial charge < -0.3 is 5.32 Å². The fourth-order valence-electron chi connectivity index (χ4n) is 1.74. The van der Waals surface area contributed by atoms with E-state index >= 15 is 0 Å². The summed E-state index contributed by atoms with van der Waals surface area (Å²) >= 11 is 7.78. The van der Waals surface area contributed by atoms with E-state index in [4.69, 9.17) is 11.6 Å². The molecule has 0 aliphatic rings. The Labute approximate surface area is 126 Å². The highest BCUT2D eigenvalue weighted by atomic mass is 35.5. The Balaban J connectivity index is 2.42. The third-order valence-electron chi connectivity index (χ3n) is 2.87. The van der Waals surface area contributed by atoms with Gasteiger partial charge >= 0.3 is 0 Å². The predicted octanol–water partition coefficient (Wildman–Crippen LogP) is 5.16. The van der Waals surface area contributed by atoms with E-state index in [1.807, 2.05) is 23.9 Å². The molecule has 1 nitrogen and oxygen atoms in total. The number of hydrogen-bond acceptors (Lipinski definition) is 2. The SMILES string of the molecule is C=C(C)CCC(CSc1ccc(Cl)cc1)NCCC. The topological polar surface area (TPSA) is 12.0 Å². The molecule has 1 rings (SSSR count). The van der Waals surface area contributed by atoms with Crippen molar-refractivity contribution in [2.75, 3.05) is 12.3 Å². The molecule has 106 valence electrons. The molecule has 0 radical (unpaired) electrons. The van der Waals surface area contributed by atoms with Gasteiger partial charge in [0, 0.05) is 21.7 Å². The Morgan fingerprint density at radius 1 is 1.37 bits per heavy atom. The summed E-state index contributed by atoms with van der Waals surface area (Å²) in [6.07, 6.45) is 3.44. The molecule has 3 heteroatoms.